The molecule has 2 amide bonds. The molecule has 0 aliphatic carbocycles. The maximum absolute atomic E-state index is 12.7. The van der Waals surface area contributed by atoms with Gasteiger partial charge in [-0.3, -0.25) is 9.59 Å². The second-order valence-electron chi connectivity index (χ2n) is 7.59. The van der Waals surface area contributed by atoms with E-state index in [-0.39, 0.29) is 30.1 Å². The predicted octanol–water partition coefficient (Wildman–Crippen LogP) is 2.16. The molecular weight excluding hydrogens is 418 g/mol. The normalized spacial score (nSPS) is 16.0. The van der Waals surface area contributed by atoms with E-state index in [0.29, 0.717) is 37.9 Å². The van der Waals surface area contributed by atoms with Crippen LogP contribution >= 0.6 is 12.4 Å². The highest BCUT2D eigenvalue weighted by Gasteiger charge is 2.32. The third-order valence-corrected chi connectivity index (χ3v) is 5.46. The molecule has 0 bridgehead atoms. The van der Waals surface area contributed by atoms with Crippen LogP contribution in [0.5, 0.6) is 0 Å². The molecule has 0 unspecified atom stereocenters. The van der Waals surface area contributed by atoms with Crippen LogP contribution in [-0.4, -0.2) is 46.9 Å². The van der Waals surface area contributed by atoms with Gasteiger partial charge in [-0.2, -0.15) is 0 Å². The highest BCUT2D eigenvalue weighted by atomic mass is 35.5. The second kappa shape index (κ2) is 11.5. The number of benzene rings is 2. The number of amides is 2. The Morgan fingerprint density at radius 2 is 1.55 bits per heavy atom. The molecule has 31 heavy (non-hydrogen) atoms. The predicted molar refractivity (Wildman–Crippen MR) is 120 cm³/mol. The number of rotatable bonds is 7. The number of likely N-dealkylation sites (tertiary alicyclic amines) is 1. The van der Waals surface area contributed by atoms with E-state index in [1.807, 2.05) is 30.3 Å². The number of nitrogens with two attached hydrogens (primary N) is 1. The minimum atomic E-state index is -1.10. The summed E-state index contributed by atoms with van der Waals surface area (Å²) in [7, 11) is 0. The van der Waals surface area contributed by atoms with Gasteiger partial charge in [0.05, 0.1) is 6.04 Å². The summed E-state index contributed by atoms with van der Waals surface area (Å²) in [6.45, 7) is 0.866. The van der Waals surface area contributed by atoms with Crippen molar-refractivity contribution in [2.45, 2.75) is 31.3 Å². The monoisotopic (exact) mass is 445 g/mol. The van der Waals surface area contributed by atoms with Crippen LogP contribution in [0.3, 0.4) is 0 Å². The first kappa shape index (κ1) is 24.4. The van der Waals surface area contributed by atoms with Gasteiger partial charge in [0.2, 0.25) is 11.8 Å². The molecule has 0 spiro atoms. The average Bonchev–Trinajstić information content (AvgIpc) is 2.78. The quantitative estimate of drug-likeness (QED) is 0.604. The highest BCUT2D eigenvalue weighted by Crippen LogP contribution is 2.21. The molecule has 2 atom stereocenters. The molecule has 7 nitrogen and oxygen atoms in total. The van der Waals surface area contributed by atoms with Crippen LogP contribution in [0.15, 0.2) is 60.7 Å². The summed E-state index contributed by atoms with van der Waals surface area (Å²) in [6, 6.07) is 16.5. The molecule has 166 valence electrons. The number of nitrogens with zero attached hydrogens (tertiary/aromatic N) is 1. The number of carboxylic acid groups (broad SMARTS) is 1. The van der Waals surface area contributed by atoms with E-state index in [0.717, 1.165) is 5.56 Å². The molecule has 1 aliphatic rings. The Morgan fingerprint density at radius 3 is 2.10 bits per heavy atom. The van der Waals surface area contributed by atoms with Gasteiger partial charge in [0.1, 0.15) is 0 Å². The van der Waals surface area contributed by atoms with Gasteiger partial charge >= 0.3 is 5.97 Å². The number of aliphatic carboxylic acids is 1. The molecule has 0 aromatic heterocycles. The van der Waals surface area contributed by atoms with E-state index in [4.69, 9.17) is 5.73 Å². The molecule has 0 saturated carbocycles. The zero-order valence-electron chi connectivity index (χ0n) is 17.1. The molecule has 4 N–H and O–H groups in total. The smallest absolute Gasteiger partial charge is 0.330 e. The van der Waals surface area contributed by atoms with Crippen molar-refractivity contribution in [3.8, 4) is 0 Å². The Morgan fingerprint density at radius 1 is 1.00 bits per heavy atom. The van der Waals surface area contributed by atoms with Crippen molar-refractivity contribution < 1.29 is 19.5 Å². The molecule has 2 aromatic rings. The van der Waals surface area contributed by atoms with Gasteiger partial charge in [-0.25, -0.2) is 4.79 Å². The fraction of sp³-hybridized carbons (Fsp3) is 0.348. The van der Waals surface area contributed by atoms with E-state index in [2.05, 4.69) is 5.32 Å². The van der Waals surface area contributed by atoms with Gasteiger partial charge in [0, 0.05) is 19.0 Å². The molecular formula is C23H28ClN3O4. The number of piperidine rings is 1. The minimum absolute atomic E-state index is 0. The Hall–Kier alpha value is -2.90. The topological polar surface area (TPSA) is 113 Å². The van der Waals surface area contributed by atoms with E-state index in [9.17, 15) is 19.5 Å². The summed E-state index contributed by atoms with van der Waals surface area (Å²) in [5.41, 5.74) is 7.64. The van der Waals surface area contributed by atoms with Gasteiger partial charge in [0.25, 0.3) is 0 Å². The Balaban J connectivity index is 0.00000341. The zero-order chi connectivity index (χ0) is 21.5. The van der Waals surface area contributed by atoms with E-state index < -0.39 is 18.1 Å². The molecule has 1 fully saturated rings. The van der Waals surface area contributed by atoms with E-state index in [1.165, 1.54) is 0 Å². The van der Waals surface area contributed by atoms with Crippen molar-refractivity contribution in [1.29, 1.82) is 0 Å². The molecule has 1 heterocycles. The standard InChI is InChI=1S/C23H27N3O4.ClH/c24-19(15-16-7-3-1-4-8-16)22(28)26-13-11-18(12-14-26)21(27)25-20(23(29)30)17-9-5-2-6-10-17;/h1-10,18-20H,11-15,24H2,(H,25,27)(H,29,30);1H/t19-,20-;/m0./s1. The van der Waals surface area contributed by atoms with Crippen LogP contribution in [-0.2, 0) is 20.8 Å². The lowest BCUT2D eigenvalue weighted by atomic mass is 9.94. The van der Waals surface area contributed by atoms with E-state index >= 15 is 0 Å². The summed E-state index contributed by atoms with van der Waals surface area (Å²) < 4.78 is 0. The SMILES string of the molecule is Cl.N[C@@H](Cc1ccccc1)C(=O)N1CCC(C(=O)N[C@H](C(=O)O)c2ccccc2)CC1. The summed E-state index contributed by atoms with van der Waals surface area (Å²) in [4.78, 5) is 38.6. The number of halogens is 1. The van der Waals surface area contributed by atoms with Crippen molar-refractivity contribution in [2.24, 2.45) is 11.7 Å². The van der Waals surface area contributed by atoms with Gasteiger partial charge in [0.15, 0.2) is 6.04 Å². The number of nitrogens with one attached hydrogen (secondary N) is 1. The second-order valence-corrected chi connectivity index (χ2v) is 7.59. The summed E-state index contributed by atoms with van der Waals surface area (Å²) in [5, 5.41) is 12.1. The van der Waals surface area contributed by atoms with Crippen LogP contribution in [0.25, 0.3) is 0 Å². The number of hydrogen-bond donors (Lipinski definition) is 3. The number of carbonyl (C=O) groups excluding carboxylic acids is 2. The van der Waals surface area contributed by atoms with Crippen LogP contribution in [0.4, 0.5) is 0 Å². The number of carbonyl (C=O) groups is 3. The van der Waals surface area contributed by atoms with Crippen LogP contribution < -0.4 is 11.1 Å². The van der Waals surface area contributed by atoms with Gasteiger partial charge < -0.3 is 21.1 Å². The summed E-state index contributed by atoms with van der Waals surface area (Å²) in [5.74, 6) is -1.85. The highest BCUT2D eigenvalue weighted by molar-refractivity contribution is 5.86. The lowest BCUT2D eigenvalue weighted by Gasteiger charge is -2.33. The molecule has 1 aliphatic heterocycles. The van der Waals surface area contributed by atoms with Gasteiger partial charge in [-0.05, 0) is 30.4 Å². The fourth-order valence-electron chi connectivity index (χ4n) is 3.75. The third-order valence-electron chi connectivity index (χ3n) is 5.46. The summed E-state index contributed by atoms with van der Waals surface area (Å²) >= 11 is 0. The average molecular weight is 446 g/mol. The van der Waals surface area contributed by atoms with Crippen LogP contribution in [0, 0.1) is 5.92 Å². The Kier molecular flexibility index (Phi) is 9.03. The van der Waals surface area contributed by atoms with E-state index in [1.54, 1.807) is 35.2 Å². The Labute approximate surface area is 188 Å². The van der Waals surface area contributed by atoms with Gasteiger partial charge in [-0.15, -0.1) is 12.4 Å². The first-order valence-electron chi connectivity index (χ1n) is 10.1. The molecule has 1 saturated heterocycles. The fourth-order valence-corrected chi connectivity index (χ4v) is 3.75. The third kappa shape index (κ3) is 6.54. The number of hydrogen-bond acceptors (Lipinski definition) is 4. The molecule has 0 radical (unpaired) electrons. The maximum Gasteiger partial charge on any atom is 0.330 e. The Bertz CT molecular complexity index is 871. The van der Waals surface area contributed by atoms with Crippen molar-refractivity contribution in [3.63, 3.8) is 0 Å². The first-order chi connectivity index (χ1) is 14.5. The van der Waals surface area contributed by atoms with Crippen molar-refractivity contribution >= 4 is 30.2 Å². The van der Waals surface area contributed by atoms with Crippen molar-refractivity contribution in [2.75, 3.05) is 13.1 Å². The molecule has 8 heteroatoms. The first-order valence-corrected chi connectivity index (χ1v) is 10.1. The van der Waals surface area contributed by atoms with Crippen LogP contribution in [0.2, 0.25) is 0 Å². The zero-order valence-corrected chi connectivity index (χ0v) is 18.0. The molecule has 3 rings (SSSR count). The van der Waals surface area contributed by atoms with Gasteiger partial charge in [-0.1, -0.05) is 60.7 Å². The summed E-state index contributed by atoms with van der Waals surface area (Å²) in [6.07, 6.45) is 1.44. The van der Waals surface area contributed by atoms with Crippen molar-refractivity contribution in [3.05, 3.63) is 71.8 Å². The van der Waals surface area contributed by atoms with Crippen LogP contribution in [0.1, 0.15) is 30.0 Å². The lowest BCUT2D eigenvalue weighted by Crippen LogP contribution is -2.50. The minimum Gasteiger partial charge on any atom is -0.479 e. The van der Waals surface area contributed by atoms with Crippen molar-refractivity contribution in [1.82, 2.24) is 10.2 Å². The lowest BCUT2D eigenvalue weighted by molar-refractivity contribution is -0.143. The maximum atomic E-state index is 12.7. The largest absolute Gasteiger partial charge is 0.479 e. The number of carboxylic acids is 1. The molecule has 2 aromatic carbocycles.